The van der Waals surface area contributed by atoms with E-state index in [0.29, 0.717) is 0 Å². The maximum atomic E-state index is 11.1. The molecule has 0 atom stereocenters. The van der Waals surface area contributed by atoms with Crippen molar-refractivity contribution in [1.29, 1.82) is 0 Å². The molecule has 0 amide bonds. The largest absolute Gasteiger partial charge is 0.325 e. The maximum Gasteiger partial charge on any atom is 0.238 e. The first-order valence-corrected chi connectivity index (χ1v) is 6.93. The Morgan fingerprint density at radius 1 is 1.00 bits per heavy atom. The summed E-state index contributed by atoms with van der Waals surface area (Å²) in [6.07, 6.45) is 0. The van der Waals surface area contributed by atoms with Crippen LogP contribution < -0.4 is 10.9 Å². The lowest BCUT2D eigenvalue weighted by Crippen LogP contribution is -2.50. The van der Waals surface area contributed by atoms with Gasteiger partial charge in [0.25, 0.3) is 0 Å². The first-order valence-electron chi connectivity index (χ1n) is 5.38. The van der Waals surface area contributed by atoms with Crippen LogP contribution in [0.3, 0.4) is 0 Å². The Morgan fingerprint density at radius 3 is 1.71 bits per heavy atom. The molecule has 0 fully saturated rings. The molecular formula is C12H20N2O2S. The molecular weight excluding hydrogens is 236 g/mol. The van der Waals surface area contributed by atoms with Crippen molar-refractivity contribution in [1.82, 2.24) is 0 Å². The monoisotopic (exact) mass is 256 g/mol. The van der Waals surface area contributed by atoms with Gasteiger partial charge in [-0.15, -0.1) is 0 Å². The van der Waals surface area contributed by atoms with E-state index in [1.54, 1.807) is 12.1 Å². The van der Waals surface area contributed by atoms with Crippen LogP contribution in [0.5, 0.6) is 0 Å². The highest BCUT2D eigenvalue weighted by molar-refractivity contribution is 7.89. The minimum Gasteiger partial charge on any atom is -0.325 e. The van der Waals surface area contributed by atoms with E-state index in [9.17, 15) is 8.42 Å². The van der Waals surface area contributed by atoms with Crippen molar-refractivity contribution in [2.45, 2.75) is 43.5 Å². The average molecular weight is 256 g/mol. The van der Waals surface area contributed by atoms with Crippen molar-refractivity contribution in [3.63, 3.8) is 0 Å². The summed E-state index contributed by atoms with van der Waals surface area (Å²) in [5.74, 6) is 0. The van der Waals surface area contributed by atoms with Crippen molar-refractivity contribution in [3.05, 3.63) is 29.8 Å². The number of hydrogen-bond donors (Lipinski definition) is 2. The van der Waals surface area contributed by atoms with Crippen LogP contribution in [-0.4, -0.2) is 14.0 Å². The standard InChI is InChI=1S/C12H20N2O2S/c1-11(2,12(3,4)13)9-5-7-10(8-6-9)17(14,15)16/h5-8H,13H2,1-4H3,(H2,14,15,16). The Bertz CT molecular complexity index is 496. The quantitative estimate of drug-likeness (QED) is 0.856. The zero-order valence-electron chi connectivity index (χ0n) is 10.7. The molecule has 4 N–H and O–H groups in total. The third-order valence-corrected chi connectivity index (χ3v) is 4.44. The summed E-state index contributed by atoms with van der Waals surface area (Å²) in [5, 5.41) is 5.05. The second-order valence-electron chi connectivity index (χ2n) is 5.42. The van der Waals surface area contributed by atoms with Crippen LogP contribution in [0.4, 0.5) is 0 Å². The number of hydrogen-bond acceptors (Lipinski definition) is 3. The fraction of sp³-hybridized carbons (Fsp3) is 0.500. The third-order valence-electron chi connectivity index (χ3n) is 3.52. The molecule has 4 nitrogen and oxygen atoms in total. The predicted octanol–water partition coefficient (Wildman–Crippen LogP) is 1.35. The molecule has 0 aliphatic carbocycles. The lowest BCUT2D eigenvalue weighted by Gasteiger charge is -2.39. The molecule has 0 heterocycles. The molecule has 0 saturated carbocycles. The number of benzene rings is 1. The molecule has 96 valence electrons. The SMILES string of the molecule is CC(C)(N)C(C)(C)c1ccc(S(N)(=O)=O)cc1. The Morgan fingerprint density at radius 2 is 1.41 bits per heavy atom. The van der Waals surface area contributed by atoms with E-state index < -0.39 is 15.6 Å². The number of sulfonamides is 1. The van der Waals surface area contributed by atoms with Gasteiger partial charge in [-0.25, -0.2) is 13.6 Å². The smallest absolute Gasteiger partial charge is 0.238 e. The van der Waals surface area contributed by atoms with Gasteiger partial charge in [0.05, 0.1) is 4.90 Å². The summed E-state index contributed by atoms with van der Waals surface area (Å²) in [4.78, 5) is 0.117. The molecule has 0 spiro atoms. The predicted molar refractivity (Wildman–Crippen MR) is 69.1 cm³/mol. The third kappa shape index (κ3) is 2.86. The van der Waals surface area contributed by atoms with Gasteiger partial charge in [0.2, 0.25) is 10.0 Å². The van der Waals surface area contributed by atoms with Crippen molar-refractivity contribution < 1.29 is 8.42 Å². The lowest BCUT2D eigenvalue weighted by molar-refractivity contribution is 0.306. The zero-order valence-corrected chi connectivity index (χ0v) is 11.5. The highest BCUT2D eigenvalue weighted by Gasteiger charge is 2.34. The molecule has 0 bridgehead atoms. The summed E-state index contributed by atoms with van der Waals surface area (Å²) in [6.45, 7) is 7.94. The summed E-state index contributed by atoms with van der Waals surface area (Å²) < 4.78 is 22.3. The van der Waals surface area contributed by atoms with Gasteiger partial charge < -0.3 is 5.73 Å². The molecule has 0 aliphatic rings. The molecule has 0 aliphatic heterocycles. The maximum absolute atomic E-state index is 11.1. The van der Waals surface area contributed by atoms with Gasteiger partial charge in [-0.05, 0) is 31.5 Å². The Labute approximate surface area is 103 Å². The van der Waals surface area contributed by atoms with Gasteiger partial charge in [-0.2, -0.15) is 0 Å². The summed E-state index contributed by atoms with van der Waals surface area (Å²) >= 11 is 0. The van der Waals surface area contributed by atoms with Gasteiger partial charge in [0.15, 0.2) is 0 Å². The van der Waals surface area contributed by atoms with Crippen LogP contribution in [0, 0.1) is 0 Å². The minimum atomic E-state index is -3.63. The fourth-order valence-electron chi connectivity index (χ4n) is 1.43. The topological polar surface area (TPSA) is 86.2 Å². The van der Waals surface area contributed by atoms with Crippen LogP contribution in [0.1, 0.15) is 33.3 Å². The molecule has 1 rings (SSSR count). The number of nitrogens with two attached hydrogens (primary N) is 2. The van der Waals surface area contributed by atoms with Crippen LogP contribution in [0.2, 0.25) is 0 Å². The Hall–Kier alpha value is -0.910. The van der Waals surface area contributed by atoms with E-state index in [2.05, 4.69) is 0 Å². The van der Waals surface area contributed by atoms with E-state index in [0.717, 1.165) is 5.56 Å². The van der Waals surface area contributed by atoms with E-state index >= 15 is 0 Å². The molecule has 0 aromatic heterocycles. The lowest BCUT2D eigenvalue weighted by atomic mass is 9.70. The van der Waals surface area contributed by atoms with E-state index in [1.165, 1.54) is 12.1 Å². The van der Waals surface area contributed by atoms with E-state index in [-0.39, 0.29) is 10.3 Å². The summed E-state index contributed by atoms with van der Waals surface area (Å²) in [5.41, 5.74) is 6.44. The first-order chi connectivity index (χ1) is 7.46. The fourth-order valence-corrected chi connectivity index (χ4v) is 1.95. The van der Waals surface area contributed by atoms with Crippen LogP contribution in [0.25, 0.3) is 0 Å². The number of rotatable bonds is 3. The van der Waals surface area contributed by atoms with E-state index in [1.807, 2.05) is 27.7 Å². The van der Waals surface area contributed by atoms with Crippen molar-refractivity contribution in [2.24, 2.45) is 10.9 Å². The molecule has 0 saturated heterocycles. The summed E-state index contributed by atoms with van der Waals surface area (Å²) in [6, 6.07) is 6.54. The van der Waals surface area contributed by atoms with Crippen molar-refractivity contribution in [2.75, 3.05) is 0 Å². The van der Waals surface area contributed by atoms with Crippen LogP contribution >= 0.6 is 0 Å². The Kier molecular flexibility index (Phi) is 3.40. The van der Waals surface area contributed by atoms with Gasteiger partial charge >= 0.3 is 0 Å². The van der Waals surface area contributed by atoms with Crippen LogP contribution in [0.15, 0.2) is 29.2 Å². The normalized spacial score (nSPS) is 13.8. The molecule has 17 heavy (non-hydrogen) atoms. The van der Waals surface area contributed by atoms with Gasteiger partial charge in [-0.1, -0.05) is 26.0 Å². The molecule has 0 radical (unpaired) electrons. The summed E-state index contributed by atoms with van der Waals surface area (Å²) in [7, 11) is -3.63. The van der Waals surface area contributed by atoms with Crippen LogP contribution in [-0.2, 0) is 15.4 Å². The highest BCUT2D eigenvalue weighted by Crippen LogP contribution is 2.33. The second kappa shape index (κ2) is 4.08. The highest BCUT2D eigenvalue weighted by atomic mass is 32.2. The molecule has 1 aromatic carbocycles. The first kappa shape index (κ1) is 14.2. The van der Waals surface area contributed by atoms with Crippen molar-refractivity contribution >= 4 is 10.0 Å². The average Bonchev–Trinajstić information content (AvgIpc) is 2.15. The second-order valence-corrected chi connectivity index (χ2v) is 6.98. The minimum absolute atomic E-state index is 0.117. The molecule has 0 unspecified atom stereocenters. The van der Waals surface area contributed by atoms with Crippen molar-refractivity contribution in [3.8, 4) is 0 Å². The van der Waals surface area contributed by atoms with Gasteiger partial charge in [0, 0.05) is 11.0 Å². The zero-order chi connectivity index (χ0) is 13.5. The Balaban J connectivity index is 3.21. The van der Waals surface area contributed by atoms with Gasteiger partial charge in [-0.3, -0.25) is 0 Å². The molecule has 1 aromatic rings. The molecule has 5 heteroatoms. The van der Waals surface area contributed by atoms with Gasteiger partial charge in [0.1, 0.15) is 0 Å². The van der Waals surface area contributed by atoms with E-state index in [4.69, 9.17) is 10.9 Å². The number of primary sulfonamides is 1.